The number of hydrogen-bond acceptors (Lipinski definition) is 6. The van der Waals surface area contributed by atoms with Crippen LogP contribution in [-0.4, -0.2) is 67.8 Å². The normalized spacial score (nSPS) is 17.9. The molecule has 0 saturated heterocycles. The van der Waals surface area contributed by atoms with Crippen molar-refractivity contribution in [2.24, 2.45) is 11.1 Å². The van der Waals surface area contributed by atoms with Gasteiger partial charge in [-0.25, -0.2) is 0 Å². The van der Waals surface area contributed by atoms with Crippen LogP contribution in [0.5, 0.6) is 0 Å². The number of aliphatic hydroxyl groups excluding tert-OH is 1. The molecule has 1 aliphatic carbocycles. The van der Waals surface area contributed by atoms with Crippen molar-refractivity contribution in [3.63, 3.8) is 0 Å². The number of nitrogens with zero attached hydrogens (tertiary/aromatic N) is 1. The molecular weight excluding hydrogens is 673 g/mol. The molecule has 47 heavy (non-hydrogen) atoms. The van der Waals surface area contributed by atoms with Crippen LogP contribution in [0.3, 0.4) is 0 Å². The lowest BCUT2D eigenvalue weighted by Gasteiger charge is -2.28. The summed E-state index contributed by atoms with van der Waals surface area (Å²) in [6.07, 6.45) is -8.37. The number of ether oxygens (including phenoxy) is 1. The molecular formula is C33H38Cl2F6N2O4. The van der Waals surface area contributed by atoms with E-state index in [1.54, 1.807) is 18.2 Å². The lowest BCUT2D eigenvalue weighted by atomic mass is 9.88. The van der Waals surface area contributed by atoms with Gasteiger partial charge in [0.15, 0.2) is 0 Å². The maximum Gasteiger partial charge on any atom is 0.416 e. The van der Waals surface area contributed by atoms with Crippen LogP contribution in [0.1, 0.15) is 49.7 Å². The van der Waals surface area contributed by atoms with Crippen molar-refractivity contribution < 1.29 is 46.1 Å². The molecule has 2 aromatic carbocycles. The third-order valence-corrected chi connectivity index (χ3v) is 8.57. The Kier molecular flexibility index (Phi) is 14.6. The second kappa shape index (κ2) is 17.7. The predicted molar refractivity (Wildman–Crippen MR) is 170 cm³/mol. The molecule has 14 heteroatoms. The number of aliphatic hydroxyl groups is 2. The van der Waals surface area contributed by atoms with E-state index in [1.807, 2.05) is 37.3 Å². The van der Waals surface area contributed by atoms with Crippen LogP contribution in [0.15, 0.2) is 77.0 Å². The van der Waals surface area contributed by atoms with Crippen molar-refractivity contribution in [1.29, 1.82) is 0 Å². The predicted octanol–water partition coefficient (Wildman–Crippen LogP) is 8.12. The topological polar surface area (TPSA) is 83.3 Å². The van der Waals surface area contributed by atoms with Gasteiger partial charge in [0.1, 0.15) is 6.61 Å². The van der Waals surface area contributed by atoms with Gasteiger partial charge in [0.05, 0.1) is 46.8 Å². The highest BCUT2D eigenvalue weighted by Crippen LogP contribution is 2.40. The summed E-state index contributed by atoms with van der Waals surface area (Å²) in [4.78, 5) is 5.23. The van der Waals surface area contributed by atoms with Crippen molar-refractivity contribution in [1.82, 2.24) is 5.32 Å². The summed E-state index contributed by atoms with van der Waals surface area (Å²) < 4.78 is 86.0. The van der Waals surface area contributed by atoms with Crippen LogP contribution in [0, 0.1) is 5.92 Å². The van der Waals surface area contributed by atoms with Gasteiger partial charge in [0, 0.05) is 17.4 Å². The zero-order chi connectivity index (χ0) is 34.7. The average molecular weight is 712 g/mol. The van der Waals surface area contributed by atoms with Gasteiger partial charge in [-0.3, -0.25) is 0 Å². The smallest absolute Gasteiger partial charge is 0.393 e. The molecule has 2 aromatic rings. The monoisotopic (exact) mass is 710 g/mol. The molecule has 3 N–H and O–H groups in total. The van der Waals surface area contributed by atoms with Gasteiger partial charge >= 0.3 is 12.4 Å². The van der Waals surface area contributed by atoms with E-state index in [2.05, 4.69) is 10.5 Å². The minimum absolute atomic E-state index is 0.126. The molecule has 0 spiro atoms. The number of benzene rings is 2. The van der Waals surface area contributed by atoms with Crippen LogP contribution >= 0.6 is 23.2 Å². The molecule has 0 fully saturated rings. The Bertz CT molecular complexity index is 1390. The molecule has 0 radical (unpaired) electrons. The van der Waals surface area contributed by atoms with E-state index in [4.69, 9.17) is 32.8 Å². The Morgan fingerprint density at radius 1 is 1.02 bits per heavy atom. The van der Waals surface area contributed by atoms with Crippen LogP contribution in [0.25, 0.3) is 0 Å². The average Bonchev–Trinajstić information content (AvgIpc) is 3.03. The Morgan fingerprint density at radius 3 is 2.36 bits per heavy atom. The van der Waals surface area contributed by atoms with Gasteiger partial charge in [-0.2, -0.15) is 26.3 Å². The first-order valence-corrected chi connectivity index (χ1v) is 15.8. The van der Waals surface area contributed by atoms with Crippen LogP contribution in [0.2, 0.25) is 10.0 Å². The minimum Gasteiger partial charge on any atom is -0.393 e. The van der Waals surface area contributed by atoms with E-state index in [-0.39, 0.29) is 36.6 Å². The molecule has 0 amide bonds. The number of halogens is 8. The summed E-state index contributed by atoms with van der Waals surface area (Å²) in [7, 11) is 0. The lowest BCUT2D eigenvalue weighted by molar-refractivity contribution is -0.101. The van der Waals surface area contributed by atoms with Gasteiger partial charge in [-0.05, 0) is 68.1 Å². The number of allylic oxidation sites excluding steroid dienone is 3. The van der Waals surface area contributed by atoms with Crippen molar-refractivity contribution >= 4 is 28.9 Å². The van der Waals surface area contributed by atoms with E-state index >= 15 is 0 Å². The van der Waals surface area contributed by atoms with E-state index in [9.17, 15) is 36.6 Å². The molecule has 3 rings (SSSR count). The second-order valence-corrected chi connectivity index (χ2v) is 12.0. The number of alkyl halides is 6. The second-order valence-electron chi connectivity index (χ2n) is 11.2. The van der Waals surface area contributed by atoms with Crippen molar-refractivity contribution in [2.75, 3.05) is 39.5 Å². The third-order valence-electron chi connectivity index (χ3n) is 7.83. The fourth-order valence-corrected chi connectivity index (χ4v) is 5.55. The van der Waals surface area contributed by atoms with E-state index < -0.39 is 54.0 Å². The van der Waals surface area contributed by atoms with E-state index in [1.165, 1.54) is 0 Å². The number of nitrogens with one attached hydrogen (secondary N) is 1. The zero-order valence-electron chi connectivity index (χ0n) is 25.7. The van der Waals surface area contributed by atoms with Crippen LogP contribution in [-0.2, 0) is 15.2 Å². The molecule has 6 nitrogen and oxygen atoms in total. The summed E-state index contributed by atoms with van der Waals surface area (Å²) in [5.74, 6) is -1.73. The number of oxime groups is 1. The van der Waals surface area contributed by atoms with Gasteiger partial charge in [-0.1, -0.05) is 77.8 Å². The Labute approximate surface area is 280 Å². The molecule has 0 heterocycles. The first-order chi connectivity index (χ1) is 22.2. The largest absolute Gasteiger partial charge is 0.416 e. The van der Waals surface area contributed by atoms with E-state index in [0.717, 1.165) is 11.6 Å². The molecule has 260 valence electrons. The highest BCUT2D eigenvalue weighted by atomic mass is 35.5. The molecule has 0 aromatic heterocycles. The third kappa shape index (κ3) is 11.8. The van der Waals surface area contributed by atoms with Gasteiger partial charge < -0.3 is 25.1 Å². The molecule has 0 bridgehead atoms. The standard InChI is InChI=1S/C33H38Cl2F6N2O4/c1-2-31(45,24-6-4-3-5-7-24)11-13-42-12-10-27(23-8-9-28(34)29(35)18-23)30(43-47-15-14-44)21-46-20-22-16-25(32(36,37)38)19-26(17-22)33(39,40)41/h3-9,16,18-19,22,27,42,44-45H,2,10-15,17,20-21H2,1H3/b43-30+. The molecule has 1 aliphatic rings. The highest BCUT2D eigenvalue weighted by Gasteiger charge is 2.42. The summed E-state index contributed by atoms with van der Waals surface area (Å²) in [5.41, 5.74) is -1.97. The molecule has 3 unspecified atom stereocenters. The Hall–Kier alpha value is -2.61. The summed E-state index contributed by atoms with van der Waals surface area (Å²) in [5, 5.41) is 28.4. The Balaban J connectivity index is 1.76. The van der Waals surface area contributed by atoms with Gasteiger partial charge in [-0.15, -0.1) is 0 Å². The quantitative estimate of drug-likeness (QED) is 0.0669. The number of rotatable bonds is 17. The summed E-state index contributed by atoms with van der Waals surface area (Å²) in [6, 6.07) is 14.3. The number of hydrogen-bond donors (Lipinski definition) is 3. The van der Waals surface area contributed by atoms with Crippen LogP contribution in [0.4, 0.5) is 26.3 Å². The van der Waals surface area contributed by atoms with E-state index in [0.29, 0.717) is 42.9 Å². The lowest BCUT2D eigenvalue weighted by Crippen LogP contribution is -2.31. The van der Waals surface area contributed by atoms with Gasteiger partial charge in [0.25, 0.3) is 0 Å². The zero-order valence-corrected chi connectivity index (χ0v) is 27.2. The Morgan fingerprint density at radius 2 is 1.74 bits per heavy atom. The maximum atomic E-state index is 13.4. The molecule has 0 saturated carbocycles. The molecule has 0 aliphatic heterocycles. The first-order valence-electron chi connectivity index (χ1n) is 15.1. The van der Waals surface area contributed by atoms with Crippen molar-refractivity contribution in [3.05, 3.63) is 93.0 Å². The van der Waals surface area contributed by atoms with Gasteiger partial charge in [0.2, 0.25) is 0 Å². The maximum absolute atomic E-state index is 13.4. The van der Waals surface area contributed by atoms with Crippen molar-refractivity contribution in [3.8, 4) is 0 Å². The summed E-state index contributed by atoms with van der Waals surface area (Å²) in [6.45, 7) is 1.52. The van der Waals surface area contributed by atoms with Crippen LogP contribution < -0.4 is 5.32 Å². The minimum atomic E-state index is -4.96. The summed E-state index contributed by atoms with van der Waals surface area (Å²) >= 11 is 12.4. The van der Waals surface area contributed by atoms with Crippen molar-refractivity contribution in [2.45, 2.75) is 56.5 Å². The molecule has 3 atom stereocenters. The first kappa shape index (κ1) is 38.8. The fraction of sp³-hybridized carbons (Fsp3) is 0.485. The fourth-order valence-electron chi connectivity index (χ4n) is 5.24. The SMILES string of the molecule is CCC(O)(CCNCCC(/C(COCC1C=C(C(F)(F)F)C=C(C(F)(F)F)C1)=N/OCCO)c1ccc(Cl)c(Cl)c1)c1ccccc1. The highest BCUT2D eigenvalue weighted by molar-refractivity contribution is 6.42.